The lowest BCUT2D eigenvalue weighted by Crippen LogP contribution is -2.31. The molecule has 0 bridgehead atoms. The van der Waals surface area contributed by atoms with Gasteiger partial charge in [-0.15, -0.1) is 0 Å². The van der Waals surface area contributed by atoms with Gasteiger partial charge in [-0.1, -0.05) is 12.1 Å². The monoisotopic (exact) mass is 248 g/mol. The standard InChI is InChI=1S/C15H20O3/c1-11(16)15(2,3)14(17)10-7-12-5-8-13(18-4)9-6-12/h5-6,8-9H,7,10H2,1-4H3. The topological polar surface area (TPSA) is 43.4 Å². The summed E-state index contributed by atoms with van der Waals surface area (Å²) in [6, 6.07) is 7.62. The van der Waals surface area contributed by atoms with E-state index in [2.05, 4.69) is 0 Å². The molecule has 0 saturated heterocycles. The maximum Gasteiger partial charge on any atom is 0.146 e. The van der Waals surface area contributed by atoms with Crippen LogP contribution in [0.15, 0.2) is 24.3 Å². The first kappa shape index (κ1) is 14.4. The van der Waals surface area contributed by atoms with Crippen LogP contribution in [0.4, 0.5) is 0 Å². The highest BCUT2D eigenvalue weighted by Crippen LogP contribution is 2.21. The third kappa shape index (κ3) is 3.42. The van der Waals surface area contributed by atoms with Crippen molar-refractivity contribution < 1.29 is 14.3 Å². The second-order valence-corrected chi connectivity index (χ2v) is 4.95. The number of rotatable bonds is 6. The van der Waals surface area contributed by atoms with E-state index in [1.54, 1.807) is 21.0 Å². The number of ketones is 2. The lowest BCUT2D eigenvalue weighted by Gasteiger charge is -2.19. The molecule has 3 heteroatoms. The van der Waals surface area contributed by atoms with E-state index in [0.29, 0.717) is 12.8 Å². The van der Waals surface area contributed by atoms with Gasteiger partial charge in [-0.2, -0.15) is 0 Å². The fraction of sp³-hybridized carbons (Fsp3) is 0.467. The molecule has 0 radical (unpaired) electrons. The maximum absolute atomic E-state index is 12.0. The van der Waals surface area contributed by atoms with Crippen LogP contribution >= 0.6 is 0 Å². The fourth-order valence-electron chi connectivity index (χ4n) is 1.56. The van der Waals surface area contributed by atoms with Crippen molar-refractivity contribution >= 4 is 11.6 Å². The van der Waals surface area contributed by atoms with Crippen molar-refractivity contribution in [2.24, 2.45) is 5.41 Å². The molecule has 1 rings (SSSR count). The van der Waals surface area contributed by atoms with Gasteiger partial charge in [0.2, 0.25) is 0 Å². The third-order valence-electron chi connectivity index (χ3n) is 3.38. The summed E-state index contributed by atoms with van der Waals surface area (Å²) in [4.78, 5) is 23.3. The van der Waals surface area contributed by atoms with Crippen LogP contribution in [-0.2, 0) is 16.0 Å². The van der Waals surface area contributed by atoms with Gasteiger partial charge in [-0.3, -0.25) is 9.59 Å². The summed E-state index contributed by atoms with van der Waals surface area (Å²) in [5.74, 6) is 0.710. The van der Waals surface area contributed by atoms with Gasteiger partial charge in [-0.05, 0) is 44.9 Å². The summed E-state index contributed by atoms with van der Waals surface area (Å²) in [7, 11) is 1.62. The van der Waals surface area contributed by atoms with Crippen LogP contribution in [0.3, 0.4) is 0 Å². The molecule has 0 aromatic heterocycles. The zero-order chi connectivity index (χ0) is 13.8. The fourth-order valence-corrected chi connectivity index (χ4v) is 1.56. The average Bonchev–Trinajstić information content (AvgIpc) is 2.36. The summed E-state index contributed by atoms with van der Waals surface area (Å²) < 4.78 is 5.07. The number of hydrogen-bond donors (Lipinski definition) is 0. The van der Waals surface area contributed by atoms with E-state index < -0.39 is 5.41 Å². The van der Waals surface area contributed by atoms with Gasteiger partial charge in [0.25, 0.3) is 0 Å². The molecule has 0 aliphatic rings. The lowest BCUT2D eigenvalue weighted by molar-refractivity contribution is -0.137. The van der Waals surface area contributed by atoms with Gasteiger partial charge >= 0.3 is 0 Å². The second-order valence-electron chi connectivity index (χ2n) is 4.95. The van der Waals surface area contributed by atoms with Gasteiger partial charge < -0.3 is 4.74 Å². The molecule has 1 aromatic carbocycles. The Kier molecular flexibility index (Phi) is 4.65. The number of Topliss-reactive ketones (excluding diaryl/α,β-unsaturated/α-hetero) is 2. The number of ether oxygens (including phenoxy) is 1. The Hall–Kier alpha value is -1.64. The van der Waals surface area contributed by atoms with E-state index in [0.717, 1.165) is 11.3 Å². The molecule has 0 aliphatic carbocycles. The molecule has 0 atom stereocenters. The van der Waals surface area contributed by atoms with Crippen molar-refractivity contribution in [3.8, 4) is 5.75 Å². The zero-order valence-electron chi connectivity index (χ0n) is 11.4. The minimum Gasteiger partial charge on any atom is -0.497 e. The summed E-state index contributed by atoms with van der Waals surface area (Å²) in [5, 5.41) is 0. The predicted molar refractivity (Wildman–Crippen MR) is 70.8 cm³/mol. The zero-order valence-corrected chi connectivity index (χ0v) is 11.4. The van der Waals surface area contributed by atoms with Crippen LogP contribution in [-0.4, -0.2) is 18.7 Å². The molecule has 0 spiro atoms. The quantitative estimate of drug-likeness (QED) is 0.727. The molecule has 18 heavy (non-hydrogen) atoms. The van der Waals surface area contributed by atoms with Crippen LogP contribution in [0, 0.1) is 5.41 Å². The average molecular weight is 248 g/mol. The third-order valence-corrected chi connectivity index (χ3v) is 3.38. The summed E-state index contributed by atoms with van der Waals surface area (Å²) >= 11 is 0. The molecule has 0 N–H and O–H groups in total. The minimum atomic E-state index is -0.869. The molecule has 0 saturated carbocycles. The van der Waals surface area contributed by atoms with Gasteiger partial charge in [0, 0.05) is 6.42 Å². The van der Waals surface area contributed by atoms with Gasteiger partial charge in [-0.25, -0.2) is 0 Å². The Balaban J connectivity index is 2.60. The Morgan fingerprint density at radius 2 is 1.72 bits per heavy atom. The van der Waals surface area contributed by atoms with Crippen LogP contribution in [0.2, 0.25) is 0 Å². The number of methoxy groups -OCH3 is 1. The van der Waals surface area contributed by atoms with Crippen molar-refractivity contribution in [2.75, 3.05) is 7.11 Å². The van der Waals surface area contributed by atoms with Gasteiger partial charge in [0.1, 0.15) is 17.3 Å². The molecule has 0 aliphatic heterocycles. The SMILES string of the molecule is COc1ccc(CCC(=O)C(C)(C)C(C)=O)cc1. The van der Waals surface area contributed by atoms with E-state index >= 15 is 0 Å². The van der Waals surface area contributed by atoms with Crippen LogP contribution in [0.25, 0.3) is 0 Å². The van der Waals surface area contributed by atoms with E-state index in [1.807, 2.05) is 24.3 Å². The molecular formula is C15H20O3. The molecular weight excluding hydrogens is 228 g/mol. The number of carbonyl (C=O) groups excluding carboxylic acids is 2. The van der Waals surface area contributed by atoms with E-state index in [1.165, 1.54) is 6.92 Å². The van der Waals surface area contributed by atoms with Crippen LogP contribution in [0.1, 0.15) is 32.8 Å². The normalized spacial score (nSPS) is 11.1. The summed E-state index contributed by atoms with van der Waals surface area (Å²) in [5.41, 5.74) is 0.204. The van der Waals surface area contributed by atoms with Gasteiger partial charge in [0.15, 0.2) is 0 Å². The first-order chi connectivity index (χ1) is 8.37. The number of carbonyl (C=O) groups is 2. The molecule has 98 valence electrons. The van der Waals surface area contributed by atoms with Crippen molar-refractivity contribution in [1.82, 2.24) is 0 Å². The molecule has 3 nitrogen and oxygen atoms in total. The van der Waals surface area contributed by atoms with Crippen molar-refractivity contribution in [2.45, 2.75) is 33.6 Å². The Labute approximate surface area is 108 Å². The second kappa shape index (κ2) is 5.80. The van der Waals surface area contributed by atoms with Crippen molar-refractivity contribution in [1.29, 1.82) is 0 Å². The largest absolute Gasteiger partial charge is 0.497 e. The highest BCUT2D eigenvalue weighted by molar-refractivity contribution is 6.05. The van der Waals surface area contributed by atoms with Crippen molar-refractivity contribution in [3.05, 3.63) is 29.8 Å². The Morgan fingerprint density at radius 1 is 1.17 bits per heavy atom. The van der Waals surface area contributed by atoms with Crippen LogP contribution in [0.5, 0.6) is 5.75 Å². The Bertz CT molecular complexity index is 430. The van der Waals surface area contributed by atoms with E-state index in [4.69, 9.17) is 4.74 Å². The molecule has 0 unspecified atom stereocenters. The summed E-state index contributed by atoms with van der Waals surface area (Å²) in [6.45, 7) is 4.84. The minimum absolute atomic E-state index is 0.00850. The van der Waals surface area contributed by atoms with Crippen molar-refractivity contribution in [3.63, 3.8) is 0 Å². The summed E-state index contributed by atoms with van der Waals surface area (Å²) in [6.07, 6.45) is 1.04. The van der Waals surface area contributed by atoms with Crippen LogP contribution < -0.4 is 4.74 Å². The molecule has 0 fully saturated rings. The van der Waals surface area contributed by atoms with Gasteiger partial charge in [0.05, 0.1) is 12.5 Å². The molecule has 1 aromatic rings. The lowest BCUT2D eigenvalue weighted by atomic mass is 9.82. The number of hydrogen-bond acceptors (Lipinski definition) is 3. The van der Waals surface area contributed by atoms with E-state index in [9.17, 15) is 9.59 Å². The first-order valence-electron chi connectivity index (χ1n) is 6.05. The molecule has 0 amide bonds. The molecule has 0 heterocycles. The maximum atomic E-state index is 12.0. The first-order valence-corrected chi connectivity index (χ1v) is 6.05. The smallest absolute Gasteiger partial charge is 0.146 e. The van der Waals surface area contributed by atoms with E-state index in [-0.39, 0.29) is 11.6 Å². The number of benzene rings is 1. The highest BCUT2D eigenvalue weighted by Gasteiger charge is 2.31. The Morgan fingerprint density at radius 3 is 2.17 bits per heavy atom. The predicted octanol–water partition coefficient (Wildman–Crippen LogP) is 2.81. The highest BCUT2D eigenvalue weighted by atomic mass is 16.5. The number of aryl methyl sites for hydroxylation is 1.